The summed E-state index contributed by atoms with van der Waals surface area (Å²) in [5.41, 5.74) is 1.42. The lowest BCUT2D eigenvalue weighted by molar-refractivity contribution is -0.129. The first-order valence-electron chi connectivity index (χ1n) is 10.1. The van der Waals surface area contributed by atoms with E-state index in [4.69, 9.17) is 13.9 Å². The largest absolute Gasteiger partial charge is 0.496 e. The standard InChI is InChI=1S/C23H21NO5S/c1-2-13-10-14-19(11-18(13)29-23(26)17-7-5-9-27-17)28-12-15(21(14)25)22-24-16-6-3-4-8-20(16)30-22/h3-9,12-14,18-19H,2,10-11H2,1H3. The fourth-order valence-corrected chi connectivity index (χ4v) is 5.34. The van der Waals surface area contributed by atoms with Gasteiger partial charge in [0.05, 0.1) is 34.2 Å². The van der Waals surface area contributed by atoms with E-state index in [1.165, 1.54) is 17.6 Å². The van der Waals surface area contributed by atoms with Gasteiger partial charge in [-0.15, -0.1) is 11.3 Å². The quantitative estimate of drug-likeness (QED) is 0.558. The number of thiazole rings is 1. The second-order valence-corrected chi connectivity index (χ2v) is 8.75. The molecule has 1 aliphatic heterocycles. The van der Waals surface area contributed by atoms with E-state index in [1.54, 1.807) is 18.4 Å². The van der Waals surface area contributed by atoms with Gasteiger partial charge >= 0.3 is 5.97 Å². The van der Waals surface area contributed by atoms with Gasteiger partial charge in [-0.2, -0.15) is 0 Å². The van der Waals surface area contributed by atoms with Gasteiger partial charge in [0.1, 0.15) is 17.2 Å². The normalized spacial score (nSPS) is 26.0. The van der Waals surface area contributed by atoms with Crippen LogP contribution in [0.4, 0.5) is 0 Å². The number of nitrogens with zero attached hydrogens (tertiary/aromatic N) is 1. The Morgan fingerprint density at radius 2 is 2.10 bits per heavy atom. The monoisotopic (exact) mass is 423 g/mol. The van der Waals surface area contributed by atoms with Crippen LogP contribution in [0.15, 0.2) is 53.3 Å². The molecule has 0 radical (unpaired) electrons. The molecule has 4 unspecified atom stereocenters. The first kappa shape index (κ1) is 19.1. The molecule has 1 aromatic carbocycles. The number of carbonyl (C=O) groups is 2. The number of hydrogen-bond donors (Lipinski definition) is 0. The Bertz CT molecular complexity index is 1080. The van der Waals surface area contributed by atoms with Crippen LogP contribution in [0.25, 0.3) is 15.8 Å². The molecule has 1 aliphatic carbocycles. The van der Waals surface area contributed by atoms with Crippen LogP contribution in [0.1, 0.15) is 41.7 Å². The lowest BCUT2D eigenvalue weighted by Crippen LogP contribution is -2.46. The maximum Gasteiger partial charge on any atom is 0.374 e. The summed E-state index contributed by atoms with van der Waals surface area (Å²) in [5.74, 6) is -0.382. The average Bonchev–Trinajstić information content (AvgIpc) is 3.43. The number of allylic oxidation sites excluding steroid dienone is 1. The second-order valence-electron chi connectivity index (χ2n) is 7.72. The van der Waals surface area contributed by atoms with Gasteiger partial charge in [-0.25, -0.2) is 9.78 Å². The zero-order chi connectivity index (χ0) is 20.7. The van der Waals surface area contributed by atoms with Gasteiger partial charge in [-0.1, -0.05) is 19.1 Å². The fraction of sp³-hybridized carbons (Fsp3) is 0.348. The minimum absolute atomic E-state index is 0.0690. The van der Waals surface area contributed by atoms with Gasteiger partial charge in [0.15, 0.2) is 5.78 Å². The first-order valence-corrected chi connectivity index (χ1v) is 11.0. The summed E-state index contributed by atoms with van der Waals surface area (Å²) in [6.45, 7) is 2.05. The molecule has 0 bridgehead atoms. The minimum atomic E-state index is -0.477. The highest BCUT2D eigenvalue weighted by molar-refractivity contribution is 7.19. The second kappa shape index (κ2) is 7.72. The number of benzene rings is 1. The van der Waals surface area contributed by atoms with Crippen LogP contribution < -0.4 is 0 Å². The van der Waals surface area contributed by atoms with E-state index in [-0.39, 0.29) is 35.6 Å². The van der Waals surface area contributed by atoms with Crippen molar-refractivity contribution in [3.05, 3.63) is 59.7 Å². The number of esters is 1. The number of para-hydroxylation sites is 1. The average molecular weight is 423 g/mol. The summed E-state index contributed by atoms with van der Waals surface area (Å²) in [4.78, 5) is 30.3. The van der Waals surface area contributed by atoms with Gasteiger partial charge in [-0.3, -0.25) is 4.79 Å². The van der Waals surface area contributed by atoms with Gasteiger partial charge in [0.2, 0.25) is 5.76 Å². The molecule has 3 heterocycles. The molecule has 1 fully saturated rings. The molecule has 0 spiro atoms. The van der Waals surface area contributed by atoms with Crippen molar-refractivity contribution in [1.29, 1.82) is 0 Å². The van der Waals surface area contributed by atoms with E-state index in [0.29, 0.717) is 23.4 Å². The van der Waals surface area contributed by atoms with E-state index >= 15 is 0 Å². The molecule has 2 aliphatic rings. The Kier molecular flexibility index (Phi) is 4.90. The smallest absolute Gasteiger partial charge is 0.374 e. The molecule has 3 aromatic rings. The molecule has 30 heavy (non-hydrogen) atoms. The molecule has 0 N–H and O–H groups in total. The van der Waals surface area contributed by atoms with E-state index < -0.39 is 5.97 Å². The Labute approximate surface area is 177 Å². The molecular formula is C23H21NO5S. The third-order valence-electron chi connectivity index (χ3n) is 5.99. The van der Waals surface area contributed by atoms with Crippen molar-refractivity contribution in [2.24, 2.45) is 11.8 Å². The van der Waals surface area contributed by atoms with Gasteiger partial charge in [0, 0.05) is 6.42 Å². The highest BCUT2D eigenvalue weighted by atomic mass is 32.1. The van der Waals surface area contributed by atoms with E-state index in [0.717, 1.165) is 16.6 Å². The van der Waals surface area contributed by atoms with E-state index in [9.17, 15) is 9.59 Å². The number of fused-ring (bicyclic) bond motifs is 2. The first-order chi connectivity index (χ1) is 14.6. The molecule has 154 valence electrons. The van der Waals surface area contributed by atoms with Crippen LogP contribution in [0.3, 0.4) is 0 Å². The maximum atomic E-state index is 13.3. The summed E-state index contributed by atoms with van der Waals surface area (Å²) in [6.07, 6.45) is 4.31. The topological polar surface area (TPSA) is 78.6 Å². The van der Waals surface area contributed by atoms with Crippen LogP contribution >= 0.6 is 11.3 Å². The lowest BCUT2D eigenvalue weighted by Gasteiger charge is -2.41. The molecule has 1 saturated carbocycles. The number of ether oxygens (including phenoxy) is 2. The number of furan rings is 1. The number of rotatable bonds is 4. The van der Waals surface area contributed by atoms with Crippen molar-refractivity contribution in [2.75, 3.05) is 0 Å². The number of Topliss-reactive ketones (excluding diaryl/α,β-unsaturated/α-hetero) is 1. The molecule has 2 aromatic heterocycles. The Hall–Kier alpha value is -2.93. The zero-order valence-electron chi connectivity index (χ0n) is 16.4. The number of ketones is 1. The number of carbonyl (C=O) groups excluding carboxylic acids is 2. The summed E-state index contributed by atoms with van der Waals surface area (Å²) >= 11 is 1.50. The van der Waals surface area contributed by atoms with Crippen LogP contribution in [0, 0.1) is 11.8 Å². The minimum Gasteiger partial charge on any atom is -0.496 e. The van der Waals surface area contributed by atoms with Crippen LogP contribution in [0.2, 0.25) is 0 Å². The molecule has 0 saturated heterocycles. The zero-order valence-corrected chi connectivity index (χ0v) is 17.3. The van der Waals surface area contributed by atoms with Gasteiger partial charge in [-0.05, 0) is 43.0 Å². The van der Waals surface area contributed by atoms with Crippen LogP contribution in [-0.4, -0.2) is 28.9 Å². The fourth-order valence-electron chi connectivity index (χ4n) is 4.36. The molecule has 5 rings (SSSR count). The highest BCUT2D eigenvalue weighted by Gasteiger charge is 2.46. The Balaban J connectivity index is 1.36. The summed E-state index contributed by atoms with van der Waals surface area (Å²) in [6, 6.07) is 11.1. The van der Waals surface area contributed by atoms with Crippen molar-refractivity contribution in [2.45, 2.75) is 38.4 Å². The molecule has 7 heteroatoms. The highest BCUT2D eigenvalue weighted by Crippen LogP contribution is 2.42. The molecule has 4 atom stereocenters. The summed E-state index contributed by atoms with van der Waals surface area (Å²) in [7, 11) is 0. The Morgan fingerprint density at radius 1 is 1.23 bits per heavy atom. The SMILES string of the molecule is CCC1CC2C(=O)C(c3nc4ccccc4s3)=COC2CC1OC(=O)c1ccco1. The third-order valence-corrected chi connectivity index (χ3v) is 7.06. The maximum absolute atomic E-state index is 13.3. The van der Waals surface area contributed by atoms with Gasteiger partial charge in [0.25, 0.3) is 0 Å². The van der Waals surface area contributed by atoms with Crippen molar-refractivity contribution in [3.8, 4) is 0 Å². The van der Waals surface area contributed by atoms with Gasteiger partial charge < -0.3 is 13.9 Å². The Morgan fingerprint density at radius 3 is 2.87 bits per heavy atom. The molecule has 0 amide bonds. The van der Waals surface area contributed by atoms with E-state index in [2.05, 4.69) is 11.9 Å². The van der Waals surface area contributed by atoms with E-state index in [1.807, 2.05) is 24.3 Å². The third kappa shape index (κ3) is 3.33. The van der Waals surface area contributed by atoms with Crippen LogP contribution in [-0.2, 0) is 14.3 Å². The predicted molar refractivity (Wildman–Crippen MR) is 112 cm³/mol. The number of aromatic nitrogens is 1. The summed E-state index contributed by atoms with van der Waals surface area (Å²) < 4.78 is 17.9. The van der Waals surface area contributed by atoms with Crippen molar-refractivity contribution in [3.63, 3.8) is 0 Å². The van der Waals surface area contributed by atoms with Crippen molar-refractivity contribution >= 4 is 38.9 Å². The summed E-state index contributed by atoms with van der Waals surface area (Å²) in [5, 5.41) is 0.694. The van der Waals surface area contributed by atoms with Crippen LogP contribution in [0.5, 0.6) is 0 Å². The van der Waals surface area contributed by atoms with Crippen molar-refractivity contribution < 1.29 is 23.5 Å². The predicted octanol–water partition coefficient (Wildman–Crippen LogP) is 4.86. The molecule has 6 nitrogen and oxygen atoms in total. The number of hydrogen-bond acceptors (Lipinski definition) is 7. The lowest BCUT2D eigenvalue weighted by atomic mass is 9.72. The molecular weight excluding hydrogens is 402 g/mol. The van der Waals surface area contributed by atoms with Crippen molar-refractivity contribution in [1.82, 2.24) is 4.98 Å².